The molecule has 19 heavy (non-hydrogen) atoms. The van der Waals surface area contributed by atoms with Crippen molar-refractivity contribution in [2.45, 2.75) is 33.7 Å². The van der Waals surface area contributed by atoms with Crippen LogP contribution in [0.2, 0.25) is 0 Å². The van der Waals surface area contributed by atoms with E-state index in [2.05, 4.69) is 47.0 Å². The second kappa shape index (κ2) is 5.70. The van der Waals surface area contributed by atoms with Crippen LogP contribution in [0.4, 0.5) is 5.82 Å². The maximum atomic E-state index is 4.50. The summed E-state index contributed by atoms with van der Waals surface area (Å²) in [5.41, 5.74) is 2.81. The highest BCUT2D eigenvalue weighted by atomic mass is 15.2. The summed E-state index contributed by atoms with van der Waals surface area (Å²) in [6.45, 7) is 9.57. The van der Waals surface area contributed by atoms with Crippen LogP contribution < -0.4 is 10.2 Å². The van der Waals surface area contributed by atoms with Gasteiger partial charge in [0.1, 0.15) is 5.82 Å². The molecule has 0 fully saturated rings. The van der Waals surface area contributed by atoms with E-state index in [0.717, 1.165) is 37.6 Å². The number of hydrogen-bond acceptors (Lipinski definition) is 4. The molecule has 2 heterocycles. The van der Waals surface area contributed by atoms with E-state index in [4.69, 9.17) is 0 Å². The Hall–Kier alpha value is -1.42. The van der Waals surface area contributed by atoms with Gasteiger partial charge < -0.3 is 10.2 Å². The lowest BCUT2D eigenvalue weighted by atomic mass is 9.83. The minimum atomic E-state index is 0.286. The largest absolute Gasteiger partial charge is 0.351 e. The highest BCUT2D eigenvalue weighted by Gasteiger charge is 2.21. The molecule has 0 bridgehead atoms. The summed E-state index contributed by atoms with van der Waals surface area (Å²) in [4.78, 5) is 11.2. The highest BCUT2D eigenvalue weighted by Crippen LogP contribution is 2.30. The molecule has 1 N–H and O–H groups in total. The molecule has 0 radical (unpaired) electrons. The fourth-order valence-electron chi connectivity index (χ4n) is 2.34. The lowest BCUT2D eigenvalue weighted by molar-refractivity contribution is 0.472. The van der Waals surface area contributed by atoms with Crippen molar-refractivity contribution >= 4 is 5.82 Å². The molecular formula is C15H24N4. The summed E-state index contributed by atoms with van der Waals surface area (Å²) in [5.74, 6) is 0.976. The number of anilines is 1. The lowest BCUT2D eigenvalue weighted by Gasteiger charge is -2.32. The zero-order chi connectivity index (χ0) is 13.9. The molecule has 0 aliphatic carbocycles. The van der Waals surface area contributed by atoms with Gasteiger partial charge in [-0.15, -0.1) is 0 Å². The number of nitrogens with one attached hydrogen (secondary N) is 1. The smallest absolute Gasteiger partial charge is 0.147 e. The van der Waals surface area contributed by atoms with Crippen LogP contribution in [0.25, 0.3) is 0 Å². The SMILES string of the molecule is CNCc1cnc(N2CC=C(C(C)(C)C)CC2)cn1. The van der Waals surface area contributed by atoms with Crippen LogP contribution in [0.15, 0.2) is 24.0 Å². The fraction of sp³-hybridized carbons (Fsp3) is 0.600. The van der Waals surface area contributed by atoms with Crippen molar-refractivity contribution in [3.63, 3.8) is 0 Å². The maximum Gasteiger partial charge on any atom is 0.147 e. The molecule has 0 aromatic carbocycles. The summed E-state index contributed by atoms with van der Waals surface area (Å²) in [7, 11) is 1.92. The quantitative estimate of drug-likeness (QED) is 0.847. The molecule has 4 heteroatoms. The molecule has 2 rings (SSSR count). The Morgan fingerprint density at radius 2 is 2.05 bits per heavy atom. The Labute approximate surface area is 115 Å². The summed E-state index contributed by atoms with van der Waals surface area (Å²) >= 11 is 0. The Morgan fingerprint density at radius 3 is 2.53 bits per heavy atom. The molecule has 1 aromatic heterocycles. The van der Waals surface area contributed by atoms with Crippen LogP contribution in [0.5, 0.6) is 0 Å². The lowest BCUT2D eigenvalue weighted by Crippen LogP contribution is -2.32. The van der Waals surface area contributed by atoms with E-state index in [0.29, 0.717) is 0 Å². The predicted octanol–water partition coefficient (Wildman–Crippen LogP) is 2.38. The van der Waals surface area contributed by atoms with Gasteiger partial charge in [-0.1, -0.05) is 32.4 Å². The van der Waals surface area contributed by atoms with Crippen molar-refractivity contribution in [3.05, 3.63) is 29.7 Å². The number of hydrogen-bond donors (Lipinski definition) is 1. The molecule has 0 saturated heterocycles. The van der Waals surface area contributed by atoms with Crippen molar-refractivity contribution in [1.82, 2.24) is 15.3 Å². The molecule has 0 spiro atoms. The summed E-state index contributed by atoms with van der Waals surface area (Å²) < 4.78 is 0. The van der Waals surface area contributed by atoms with E-state index in [1.165, 1.54) is 0 Å². The number of rotatable bonds is 3. The summed E-state index contributed by atoms with van der Waals surface area (Å²) in [6, 6.07) is 0. The normalized spacial score (nSPS) is 16.4. The van der Waals surface area contributed by atoms with E-state index in [1.54, 1.807) is 5.57 Å². The Bertz CT molecular complexity index is 442. The van der Waals surface area contributed by atoms with Crippen LogP contribution >= 0.6 is 0 Å². The van der Waals surface area contributed by atoms with Gasteiger partial charge in [0.05, 0.1) is 18.1 Å². The summed E-state index contributed by atoms with van der Waals surface area (Å²) in [5, 5.41) is 3.08. The van der Waals surface area contributed by atoms with E-state index < -0.39 is 0 Å². The van der Waals surface area contributed by atoms with Gasteiger partial charge in [-0.25, -0.2) is 4.98 Å². The molecule has 1 aliphatic rings. The van der Waals surface area contributed by atoms with Gasteiger partial charge in [0, 0.05) is 19.6 Å². The first-order valence-electron chi connectivity index (χ1n) is 6.90. The molecule has 0 unspecified atom stereocenters. The van der Waals surface area contributed by atoms with Gasteiger partial charge in [0.2, 0.25) is 0 Å². The highest BCUT2D eigenvalue weighted by molar-refractivity contribution is 5.39. The van der Waals surface area contributed by atoms with Gasteiger partial charge in [-0.2, -0.15) is 0 Å². The maximum absolute atomic E-state index is 4.50. The van der Waals surface area contributed by atoms with E-state index >= 15 is 0 Å². The molecule has 0 saturated carbocycles. The van der Waals surface area contributed by atoms with Crippen LogP contribution in [-0.2, 0) is 6.54 Å². The molecule has 1 aliphatic heterocycles. The Morgan fingerprint density at radius 1 is 1.26 bits per heavy atom. The molecular weight excluding hydrogens is 236 g/mol. The van der Waals surface area contributed by atoms with Crippen molar-refractivity contribution in [1.29, 1.82) is 0 Å². The Balaban J connectivity index is 2.03. The van der Waals surface area contributed by atoms with E-state index in [9.17, 15) is 0 Å². The molecule has 0 amide bonds. The first-order valence-corrected chi connectivity index (χ1v) is 6.90. The second-order valence-corrected chi connectivity index (χ2v) is 6.07. The van der Waals surface area contributed by atoms with Gasteiger partial charge >= 0.3 is 0 Å². The van der Waals surface area contributed by atoms with Crippen LogP contribution in [-0.4, -0.2) is 30.1 Å². The zero-order valence-electron chi connectivity index (χ0n) is 12.4. The van der Waals surface area contributed by atoms with Crippen LogP contribution in [0, 0.1) is 5.41 Å². The van der Waals surface area contributed by atoms with Crippen molar-refractivity contribution in [3.8, 4) is 0 Å². The van der Waals surface area contributed by atoms with Crippen LogP contribution in [0.1, 0.15) is 32.9 Å². The van der Waals surface area contributed by atoms with Crippen LogP contribution in [0.3, 0.4) is 0 Å². The second-order valence-electron chi connectivity index (χ2n) is 6.07. The third kappa shape index (κ3) is 3.53. The summed E-state index contributed by atoms with van der Waals surface area (Å²) in [6.07, 6.45) is 7.19. The first kappa shape index (κ1) is 14.0. The van der Waals surface area contributed by atoms with Gasteiger partial charge in [0.15, 0.2) is 0 Å². The topological polar surface area (TPSA) is 41.1 Å². The first-order chi connectivity index (χ1) is 9.00. The minimum Gasteiger partial charge on any atom is -0.351 e. The number of nitrogens with zero attached hydrogens (tertiary/aromatic N) is 3. The molecule has 0 atom stereocenters. The van der Waals surface area contributed by atoms with E-state index in [1.807, 2.05) is 19.4 Å². The Kier molecular flexibility index (Phi) is 4.20. The zero-order valence-corrected chi connectivity index (χ0v) is 12.4. The average Bonchev–Trinajstić information content (AvgIpc) is 2.39. The van der Waals surface area contributed by atoms with Gasteiger partial charge in [-0.05, 0) is 18.9 Å². The molecule has 104 valence electrons. The third-order valence-corrected chi connectivity index (χ3v) is 3.55. The minimum absolute atomic E-state index is 0.286. The monoisotopic (exact) mass is 260 g/mol. The van der Waals surface area contributed by atoms with E-state index in [-0.39, 0.29) is 5.41 Å². The number of aromatic nitrogens is 2. The molecule has 4 nitrogen and oxygen atoms in total. The van der Waals surface area contributed by atoms with Gasteiger partial charge in [-0.3, -0.25) is 4.98 Å². The van der Waals surface area contributed by atoms with Crippen molar-refractivity contribution in [2.75, 3.05) is 25.0 Å². The molecule has 1 aromatic rings. The van der Waals surface area contributed by atoms with Crippen molar-refractivity contribution in [2.24, 2.45) is 5.41 Å². The predicted molar refractivity (Wildman–Crippen MR) is 79.2 cm³/mol. The van der Waals surface area contributed by atoms with Crippen molar-refractivity contribution < 1.29 is 0 Å². The van der Waals surface area contributed by atoms with Gasteiger partial charge in [0.25, 0.3) is 0 Å². The third-order valence-electron chi connectivity index (χ3n) is 3.55. The standard InChI is InChI=1S/C15H24N4/c1-15(2,3)12-5-7-19(8-6-12)14-11-17-13(9-16-4)10-18-14/h5,10-11,16H,6-9H2,1-4H3. The fourth-order valence-corrected chi connectivity index (χ4v) is 2.34. The average molecular weight is 260 g/mol.